The van der Waals surface area contributed by atoms with Crippen molar-refractivity contribution in [1.29, 1.82) is 0 Å². The van der Waals surface area contributed by atoms with Gasteiger partial charge in [-0.15, -0.1) is 0 Å². The van der Waals surface area contributed by atoms with E-state index in [1.165, 1.54) is 11.1 Å². The van der Waals surface area contributed by atoms with Gasteiger partial charge in [-0.25, -0.2) is 0 Å². The van der Waals surface area contributed by atoms with Crippen LogP contribution in [0.15, 0.2) is 60.7 Å². The van der Waals surface area contributed by atoms with Crippen molar-refractivity contribution in [3.63, 3.8) is 0 Å². The highest BCUT2D eigenvalue weighted by atomic mass is 16.3. The molecule has 0 spiro atoms. The van der Waals surface area contributed by atoms with Gasteiger partial charge in [-0.1, -0.05) is 80.9 Å². The number of aliphatic hydroxyl groups excluding tert-OH is 1. The molecule has 122 valence electrons. The minimum absolute atomic E-state index is 0.185. The number of hydrogen-bond acceptors (Lipinski definition) is 2. The molecule has 2 aromatic carbocycles. The minimum Gasteiger partial charge on any atom is -0.392 e. The lowest BCUT2D eigenvalue weighted by molar-refractivity contribution is -0.0184. The van der Waals surface area contributed by atoms with E-state index in [1.807, 2.05) is 6.07 Å². The summed E-state index contributed by atoms with van der Waals surface area (Å²) in [7, 11) is 0. The Bertz CT molecular complexity index is 598. The van der Waals surface area contributed by atoms with Crippen molar-refractivity contribution in [2.45, 2.75) is 44.9 Å². The zero-order valence-corrected chi connectivity index (χ0v) is 14.0. The summed E-state index contributed by atoms with van der Waals surface area (Å²) in [5, 5.41) is 14.8. The SMILES string of the molecule is CCC[C@H]1[C@@H](O)[C@@H](C)[C@@H](c2ccccc2)N[C@H]1c1ccccc1. The lowest BCUT2D eigenvalue weighted by Gasteiger charge is -2.45. The Kier molecular flexibility index (Phi) is 5.14. The fourth-order valence-corrected chi connectivity index (χ4v) is 3.99. The van der Waals surface area contributed by atoms with Gasteiger partial charge in [0.05, 0.1) is 6.10 Å². The standard InChI is InChI=1S/C21H27NO/c1-3-10-18-20(17-13-8-5-9-14-17)22-19(15(2)21(18)23)16-11-6-4-7-12-16/h4-9,11-15,18-23H,3,10H2,1-2H3/t15-,18+,19-,20-,21-/m0/s1. The minimum atomic E-state index is -0.286. The molecule has 1 fully saturated rings. The molecule has 1 aliphatic heterocycles. The second-order valence-corrected chi connectivity index (χ2v) is 6.75. The molecule has 2 aromatic rings. The Balaban J connectivity index is 1.94. The van der Waals surface area contributed by atoms with Gasteiger partial charge in [-0.3, -0.25) is 0 Å². The molecule has 0 aliphatic carbocycles. The monoisotopic (exact) mass is 309 g/mol. The largest absolute Gasteiger partial charge is 0.392 e. The van der Waals surface area contributed by atoms with Crippen molar-refractivity contribution >= 4 is 0 Å². The lowest BCUT2D eigenvalue weighted by Crippen LogP contribution is -2.49. The summed E-state index contributed by atoms with van der Waals surface area (Å²) >= 11 is 0. The first-order chi connectivity index (χ1) is 11.2. The van der Waals surface area contributed by atoms with Gasteiger partial charge >= 0.3 is 0 Å². The number of benzene rings is 2. The maximum absolute atomic E-state index is 11.0. The van der Waals surface area contributed by atoms with Gasteiger partial charge in [-0.05, 0) is 17.5 Å². The van der Waals surface area contributed by atoms with E-state index >= 15 is 0 Å². The second-order valence-electron chi connectivity index (χ2n) is 6.75. The molecule has 0 amide bonds. The van der Waals surface area contributed by atoms with E-state index in [0.29, 0.717) is 0 Å². The topological polar surface area (TPSA) is 32.3 Å². The number of hydrogen-bond donors (Lipinski definition) is 2. The zero-order valence-electron chi connectivity index (χ0n) is 14.0. The first kappa shape index (κ1) is 16.2. The van der Waals surface area contributed by atoms with Crippen LogP contribution < -0.4 is 5.32 Å². The Morgan fingerprint density at radius 1 is 0.870 bits per heavy atom. The molecule has 23 heavy (non-hydrogen) atoms. The molecular formula is C21H27NO. The average Bonchev–Trinajstić information content (AvgIpc) is 2.61. The van der Waals surface area contributed by atoms with E-state index in [1.54, 1.807) is 0 Å². The summed E-state index contributed by atoms with van der Waals surface area (Å²) in [4.78, 5) is 0. The Hall–Kier alpha value is -1.64. The van der Waals surface area contributed by atoms with Crippen LogP contribution in [0.4, 0.5) is 0 Å². The molecule has 0 radical (unpaired) electrons. The predicted molar refractivity (Wildman–Crippen MR) is 95.1 cm³/mol. The number of piperidine rings is 1. The summed E-state index contributed by atoms with van der Waals surface area (Å²) < 4.78 is 0. The van der Waals surface area contributed by atoms with Gasteiger partial charge in [-0.2, -0.15) is 0 Å². The fourth-order valence-electron chi connectivity index (χ4n) is 3.99. The van der Waals surface area contributed by atoms with Crippen LogP contribution in [0.3, 0.4) is 0 Å². The maximum atomic E-state index is 11.0. The quantitative estimate of drug-likeness (QED) is 0.872. The van der Waals surface area contributed by atoms with E-state index < -0.39 is 0 Å². The van der Waals surface area contributed by atoms with Crippen LogP contribution >= 0.6 is 0 Å². The van der Waals surface area contributed by atoms with Gasteiger partial charge in [0.2, 0.25) is 0 Å². The fraction of sp³-hybridized carbons (Fsp3) is 0.429. The number of aliphatic hydroxyl groups is 1. The summed E-state index contributed by atoms with van der Waals surface area (Å²) in [5.41, 5.74) is 2.53. The molecule has 2 N–H and O–H groups in total. The van der Waals surface area contributed by atoms with Gasteiger partial charge in [0.25, 0.3) is 0 Å². The van der Waals surface area contributed by atoms with Crippen molar-refractivity contribution in [3.05, 3.63) is 71.8 Å². The second kappa shape index (κ2) is 7.29. The molecule has 5 atom stereocenters. The average molecular weight is 309 g/mol. The first-order valence-electron chi connectivity index (χ1n) is 8.76. The van der Waals surface area contributed by atoms with E-state index in [4.69, 9.17) is 0 Å². The predicted octanol–water partition coefficient (Wildman–Crippen LogP) is 4.49. The highest BCUT2D eigenvalue weighted by Crippen LogP contribution is 2.42. The molecule has 1 heterocycles. The van der Waals surface area contributed by atoms with Crippen molar-refractivity contribution in [3.8, 4) is 0 Å². The number of rotatable bonds is 4. The van der Waals surface area contributed by atoms with Crippen molar-refractivity contribution in [2.24, 2.45) is 11.8 Å². The molecule has 0 saturated carbocycles. The summed E-state index contributed by atoms with van der Waals surface area (Å²) in [6.07, 6.45) is 1.85. The molecule has 1 aliphatic rings. The van der Waals surface area contributed by atoms with Crippen LogP contribution in [0.25, 0.3) is 0 Å². The van der Waals surface area contributed by atoms with E-state index in [2.05, 4.69) is 73.8 Å². The van der Waals surface area contributed by atoms with E-state index in [9.17, 15) is 5.11 Å². The maximum Gasteiger partial charge on any atom is 0.0630 e. The van der Waals surface area contributed by atoms with Crippen molar-refractivity contribution < 1.29 is 5.11 Å². The normalized spacial score (nSPS) is 31.0. The Morgan fingerprint density at radius 3 is 1.91 bits per heavy atom. The molecule has 3 rings (SSSR count). The summed E-state index contributed by atoms with van der Waals surface area (Å²) in [6, 6.07) is 21.5. The molecule has 0 bridgehead atoms. The van der Waals surface area contributed by atoms with Gasteiger partial charge < -0.3 is 10.4 Å². The highest BCUT2D eigenvalue weighted by molar-refractivity contribution is 5.26. The van der Waals surface area contributed by atoms with Crippen molar-refractivity contribution in [2.75, 3.05) is 0 Å². The number of nitrogens with one attached hydrogen (secondary N) is 1. The van der Waals surface area contributed by atoms with E-state index in [-0.39, 0.29) is 30.0 Å². The smallest absolute Gasteiger partial charge is 0.0630 e. The first-order valence-corrected chi connectivity index (χ1v) is 8.76. The summed E-state index contributed by atoms with van der Waals surface area (Å²) in [5.74, 6) is 0.464. The molecule has 2 heteroatoms. The molecule has 2 nitrogen and oxygen atoms in total. The van der Waals surface area contributed by atoms with Crippen LogP contribution in [0.5, 0.6) is 0 Å². The zero-order chi connectivity index (χ0) is 16.2. The molecular weight excluding hydrogens is 282 g/mol. The molecule has 0 unspecified atom stereocenters. The summed E-state index contributed by atoms with van der Waals surface area (Å²) in [6.45, 7) is 4.36. The van der Waals surface area contributed by atoms with Gasteiger partial charge in [0.1, 0.15) is 0 Å². The Labute approximate surface area is 139 Å². The van der Waals surface area contributed by atoms with Crippen LogP contribution in [-0.4, -0.2) is 11.2 Å². The molecule has 1 saturated heterocycles. The third-order valence-electron chi connectivity index (χ3n) is 5.23. The van der Waals surface area contributed by atoms with Crippen molar-refractivity contribution in [1.82, 2.24) is 5.32 Å². The van der Waals surface area contributed by atoms with Crippen LogP contribution in [-0.2, 0) is 0 Å². The van der Waals surface area contributed by atoms with Gasteiger partial charge in [0.15, 0.2) is 0 Å². The van der Waals surface area contributed by atoms with Crippen LogP contribution in [0.1, 0.15) is 49.9 Å². The van der Waals surface area contributed by atoms with Gasteiger partial charge in [0, 0.05) is 23.9 Å². The third kappa shape index (κ3) is 3.34. The van der Waals surface area contributed by atoms with Crippen LogP contribution in [0, 0.1) is 11.8 Å². The lowest BCUT2D eigenvalue weighted by atomic mass is 9.72. The van der Waals surface area contributed by atoms with E-state index in [0.717, 1.165) is 12.8 Å². The highest BCUT2D eigenvalue weighted by Gasteiger charge is 2.41. The van der Waals surface area contributed by atoms with Crippen LogP contribution in [0.2, 0.25) is 0 Å². The molecule has 0 aromatic heterocycles. The Morgan fingerprint density at radius 2 is 1.39 bits per heavy atom. The third-order valence-corrected chi connectivity index (χ3v) is 5.23.